The molecule has 41 nitrogen and oxygen atoms in total. The third kappa shape index (κ3) is 32.0. The van der Waals surface area contributed by atoms with Gasteiger partial charge in [0.15, 0.2) is 0 Å². The van der Waals surface area contributed by atoms with Gasteiger partial charge < -0.3 is 117 Å². The van der Waals surface area contributed by atoms with Crippen LogP contribution in [0.25, 0.3) is 0 Å². The zero-order valence-corrected chi connectivity index (χ0v) is 62.1. The highest BCUT2D eigenvalue weighted by molar-refractivity contribution is 6.01. The number of imidazole rings is 1. The van der Waals surface area contributed by atoms with Crippen molar-refractivity contribution in [1.29, 1.82) is 0 Å². The number of nitrogens with two attached hydrogens (primary N) is 4. The number of aliphatic hydroxyl groups excluding tert-OH is 1. The summed E-state index contributed by atoms with van der Waals surface area (Å²) in [4.78, 5) is 246. The number of hydrogen-bond acceptors (Lipinski definition) is 22. The summed E-state index contributed by atoms with van der Waals surface area (Å²) in [6, 6.07) is -17.4. The molecule has 0 radical (unpaired) electrons. The fourth-order valence-corrected chi connectivity index (χ4v) is 10.8. The van der Waals surface area contributed by atoms with E-state index in [2.05, 4.69) is 79.1 Å². The van der Waals surface area contributed by atoms with E-state index in [9.17, 15) is 96.5 Å². The molecular weight excluding hydrogens is 1410 g/mol. The Labute approximate surface area is 618 Å². The molecule has 1 aliphatic heterocycles. The number of rotatable bonds is 49. The average Bonchev–Trinajstić information content (AvgIpc) is 1.77. The maximum atomic E-state index is 14.5. The standard InChI is InChI=1S/C66H110N20O21/c1-11-34(9)53(85-59(99)41(24-45(70)89)79-55(95)37(68)23-49(93)94)63(103)77-38(16-13-14-20-67)56(96)80-40(22-36-25-71-30-75-36)58(98)82-51(32(5)6)65(105)86-21-15-17-43(86)61(101)74-27-47(91)72-26-46(90)73-28-48(92)76-42(29-87)60(100)81-50(31(3)4)62(102)78-39(18-19-44(69)88)57(97)84-54(35(10)12-2)64(104)83-52(33(7)8)66(106)107/h25,30-35,37-43,50-54,87H,11-24,26-29,67-68H2,1-10H3,(H2,69,88)(H2,70,89)(H,71,75)(H,72,91)(H,73,90)(H,74,101)(H,76,92)(H,77,103)(H,78,102)(H,79,95)(H,80,96)(H,81,100)(H,82,98)(H,83,104)(H,84,97)(H,85,99)(H,93,94)(H,106,107)/t34-,35-,37-,38-,39-,40-,41-,42-,43-,50-,51-,52-,53-,54-/m0/s1. The van der Waals surface area contributed by atoms with Crippen molar-refractivity contribution in [3.63, 3.8) is 0 Å². The van der Waals surface area contributed by atoms with Crippen LogP contribution in [0.15, 0.2) is 12.5 Å². The van der Waals surface area contributed by atoms with Gasteiger partial charge in [-0.05, 0) is 74.7 Å². The molecule has 25 N–H and O–H groups in total. The van der Waals surface area contributed by atoms with Crippen molar-refractivity contribution in [1.82, 2.24) is 84.0 Å². The number of likely N-dealkylation sites (tertiary alicyclic amines) is 1. The number of aliphatic carboxylic acids is 2. The summed E-state index contributed by atoms with van der Waals surface area (Å²) in [5, 5.41) is 60.5. The summed E-state index contributed by atoms with van der Waals surface area (Å²) >= 11 is 0. The highest BCUT2D eigenvalue weighted by atomic mass is 16.4. The van der Waals surface area contributed by atoms with Crippen molar-refractivity contribution in [2.45, 2.75) is 219 Å². The predicted octanol–water partition coefficient (Wildman–Crippen LogP) is -7.65. The number of carbonyl (C=O) groups excluding carboxylic acids is 16. The first-order chi connectivity index (χ1) is 50.2. The van der Waals surface area contributed by atoms with Crippen LogP contribution in [-0.4, -0.2) is 248 Å². The summed E-state index contributed by atoms with van der Waals surface area (Å²) in [6.45, 7) is 13.0. The van der Waals surface area contributed by atoms with E-state index in [0.29, 0.717) is 25.0 Å². The first-order valence-electron chi connectivity index (χ1n) is 35.4. The molecule has 0 bridgehead atoms. The second-order valence-electron chi connectivity index (χ2n) is 27.2. The summed E-state index contributed by atoms with van der Waals surface area (Å²) in [6.07, 6.45) is 1.76. The Hall–Kier alpha value is -10.4. The molecular formula is C66H110N20O21. The van der Waals surface area contributed by atoms with Gasteiger partial charge in [-0.3, -0.25) is 81.5 Å². The Morgan fingerprint density at radius 1 is 0.523 bits per heavy atom. The zero-order valence-electron chi connectivity index (χ0n) is 62.1. The van der Waals surface area contributed by atoms with Gasteiger partial charge in [-0.25, -0.2) is 9.78 Å². The van der Waals surface area contributed by atoms with Crippen LogP contribution < -0.4 is 92.1 Å². The minimum absolute atomic E-state index is 0.0416. The molecule has 1 aromatic rings. The van der Waals surface area contributed by atoms with Crippen LogP contribution in [-0.2, 0) is 92.7 Å². The third-order valence-electron chi connectivity index (χ3n) is 17.6. The maximum absolute atomic E-state index is 14.5. The lowest BCUT2D eigenvalue weighted by Crippen LogP contribution is -2.61. The highest BCUT2D eigenvalue weighted by Gasteiger charge is 2.42. The number of aromatic nitrogens is 2. The molecule has 0 spiro atoms. The molecule has 0 unspecified atom stereocenters. The van der Waals surface area contributed by atoms with E-state index in [1.165, 1.54) is 31.3 Å². The minimum atomic E-state index is -1.72. The Morgan fingerprint density at radius 2 is 0.981 bits per heavy atom. The van der Waals surface area contributed by atoms with Gasteiger partial charge in [0.05, 0.1) is 51.5 Å². The number of nitrogens with one attached hydrogen (secondary N) is 14. The average molecular weight is 1520 g/mol. The molecule has 1 aliphatic rings. The first-order valence-corrected chi connectivity index (χ1v) is 35.4. The Balaban J connectivity index is 2.16. The molecule has 0 aromatic carbocycles. The number of aromatic amines is 1. The largest absolute Gasteiger partial charge is 0.481 e. The van der Waals surface area contributed by atoms with Gasteiger partial charge in [0, 0.05) is 31.3 Å². The summed E-state index contributed by atoms with van der Waals surface area (Å²) < 4.78 is 0. The number of aliphatic hydroxyl groups is 1. The molecule has 16 amide bonds. The van der Waals surface area contributed by atoms with Gasteiger partial charge in [-0.2, -0.15) is 0 Å². The number of carbonyl (C=O) groups is 18. The van der Waals surface area contributed by atoms with E-state index < -0.39 is 254 Å². The fourth-order valence-electron chi connectivity index (χ4n) is 10.8. The lowest BCUT2D eigenvalue weighted by atomic mass is 9.96. The van der Waals surface area contributed by atoms with Crippen LogP contribution in [0.2, 0.25) is 0 Å². The summed E-state index contributed by atoms with van der Waals surface area (Å²) in [5.41, 5.74) is 22.5. The topological polar surface area (TPSA) is 660 Å². The van der Waals surface area contributed by atoms with E-state index in [0.717, 1.165) is 0 Å². The molecule has 14 atom stereocenters. The predicted molar refractivity (Wildman–Crippen MR) is 379 cm³/mol. The van der Waals surface area contributed by atoms with Crippen LogP contribution >= 0.6 is 0 Å². The van der Waals surface area contributed by atoms with Crippen LogP contribution in [0, 0.1) is 29.6 Å². The van der Waals surface area contributed by atoms with Gasteiger partial charge in [0.25, 0.3) is 0 Å². The van der Waals surface area contributed by atoms with E-state index in [1.807, 2.05) is 0 Å². The van der Waals surface area contributed by atoms with E-state index in [1.54, 1.807) is 55.4 Å². The van der Waals surface area contributed by atoms with Crippen molar-refractivity contribution in [2.75, 3.05) is 39.3 Å². The second kappa shape index (κ2) is 46.5. The zero-order chi connectivity index (χ0) is 81.1. The number of primary amides is 2. The number of amides is 16. The second-order valence-corrected chi connectivity index (χ2v) is 27.2. The van der Waals surface area contributed by atoms with Crippen molar-refractivity contribution < 1.29 is 102 Å². The van der Waals surface area contributed by atoms with Gasteiger partial charge in [0.2, 0.25) is 94.5 Å². The Kier molecular flexibility index (Phi) is 40.2. The lowest BCUT2D eigenvalue weighted by molar-refractivity contribution is -0.144. The molecule has 41 heteroatoms. The van der Waals surface area contributed by atoms with Crippen molar-refractivity contribution in [3.8, 4) is 0 Å². The number of hydrogen-bond donors (Lipinski definition) is 21. The molecule has 600 valence electrons. The van der Waals surface area contributed by atoms with Crippen LogP contribution in [0.1, 0.15) is 146 Å². The molecule has 107 heavy (non-hydrogen) atoms. The number of carboxylic acid groups (broad SMARTS) is 2. The van der Waals surface area contributed by atoms with Gasteiger partial charge in [-0.1, -0.05) is 82.1 Å². The fraction of sp³-hybridized carbons (Fsp3) is 0.682. The van der Waals surface area contributed by atoms with E-state index >= 15 is 0 Å². The number of unbranched alkanes of at least 4 members (excludes halogenated alkanes) is 1. The third-order valence-corrected chi connectivity index (χ3v) is 17.6. The van der Waals surface area contributed by atoms with Gasteiger partial charge >= 0.3 is 11.9 Å². The van der Waals surface area contributed by atoms with E-state index in [-0.39, 0.29) is 51.6 Å². The molecule has 1 fully saturated rings. The maximum Gasteiger partial charge on any atom is 0.326 e. The summed E-state index contributed by atoms with van der Waals surface area (Å²) in [7, 11) is 0. The smallest absolute Gasteiger partial charge is 0.326 e. The minimum Gasteiger partial charge on any atom is -0.481 e. The number of H-pyrrole nitrogens is 1. The van der Waals surface area contributed by atoms with Crippen LogP contribution in [0.3, 0.4) is 0 Å². The van der Waals surface area contributed by atoms with Crippen molar-refractivity contribution in [3.05, 3.63) is 18.2 Å². The number of carboxylic acids is 2. The van der Waals surface area contributed by atoms with Gasteiger partial charge in [-0.15, -0.1) is 0 Å². The quantitative estimate of drug-likeness (QED) is 0.0270. The SMILES string of the molecule is CC[C@H](C)[C@H](NC(=O)[C@H](CC(N)=O)NC(=O)[C@@H](N)CC(=O)O)C(=O)N[C@@H](CCCCN)C(=O)N[C@@H](Cc1cnc[nH]1)C(=O)N[C@H](C(=O)N1CCC[C@H]1C(=O)NCC(=O)NCC(=O)NCC(=O)N[C@@H](CO)C(=O)N[C@H](C(=O)N[C@@H](CCC(N)=O)C(=O)N[C@H](C(=O)N[C@H](C(=O)O)C(C)C)[C@@H](C)CC)C(C)C)C(C)C. The molecule has 2 rings (SSSR count). The normalized spacial score (nSPS) is 16.3. The van der Waals surface area contributed by atoms with E-state index in [4.69, 9.17) is 28.0 Å². The van der Waals surface area contributed by atoms with Crippen LogP contribution in [0.4, 0.5) is 0 Å². The van der Waals surface area contributed by atoms with Gasteiger partial charge in [0.1, 0.15) is 66.5 Å². The Morgan fingerprint density at radius 3 is 1.48 bits per heavy atom. The first kappa shape index (κ1) is 92.6. The molecule has 1 saturated heterocycles. The lowest BCUT2D eigenvalue weighted by Gasteiger charge is -2.32. The molecule has 1 aromatic heterocycles. The highest BCUT2D eigenvalue weighted by Crippen LogP contribution is 2.22. The van der Waals surface area contributed by atoms with Crippen molar-refractivity contribution in [2.24, 2.45) is 52.5 Å². The molecule has 2 heterocycles. The monoisotopic (exact) mass is 1520 g/mol. The van der Waals surface area contributed by atoms with Crippen LogP contribution in [0.5, 0.6) is 0 Å². The Bertz CT molecular complexity index is 3260. The van der Waals surface area contributed by atoms with Crippen molar-refractivity contribution >= 4 is 106 Å². The molecule has 0 saturated carbocycles. The summed E-state index contributed by atoms with van der Waals surface area (Å²) in [5.74, 6) is -20.7. The molecule has 0 aliphatic carbocycles. The number of nitrogens with zero attached hydrogens (tertiary/aromatic N) is 2.